The largest absolute Gasteiger partial charge is 0.321 e. The number of nitrogens with one attached hydrogen (secondary N) is 1. The van der Waals surface area contributed by atoms with Crippen LogP contribution in [0.2, 0.25) is 0 Å². The Balaban J connectivity index is 1.34. The van der Waals surface area contributed by atoms with E-state index in [1.165, 1.54) is 59.0 Å². The average molecular weight is 637 g/mol. The van der Waals surface area contributed by atoms with Crippen LogP contribution < -0.4 is 11.1 Å². The number of hydrogen-bond donors (Lipinski definition) is 2. The van der Waals surface area contributed by atoms with E-state index in [0.717, 1.165) is 6.20 Å². The van der Waals surface area contributed by atoms with E-state index in [9.17, 15) is 22.0 Å². The molecule has 1 saturated heterocycles. The van der Waals surface area contributed by atoms with Crippen LogP contribution >= 0.6 is 0 Å². The molecule has 0 aliphatic carbocycles. The van der Waals surface area contributed by atoms with Gasteiger partial charge in [-0.3, -0.25) is 9.78 Å². The standard InChI is InChI=1S/C34H35F3N4O3S/c35-27-10-6-24(7-11-27)33(25-8-12-28(36)13-9-25)34(38)32(42)18-26-19-40-21-31(37)30(26)15-14-29-20-39-16-17-41(29)45(43,44)22-23-4-2-1-3-5-23/h1-13,19,21,29,33-34,39H,14-18,20,22,38H2/t29?,34-/m1/s1. The predicted octanol–water partition coefficient (Wildman–Crippen LogP) is 4.51. The van der Waals surface area contributed by atoms with Gasteiger partial charge in [-0.05, 0) is 64.9 Å². The van der Waals surface area contributed by atoms with Gasteiger partial charge in [0.1, 0.15) is 17.5 Å². The summed E-state index contributed by atoms with van der Waals surface area (Å²) in [7, 11) is -3.64. The van der Waals surface area contributed by atoms with Crippen LogP contribution in [-0.4, -0.2) is 55.2 Å². The van der Waals surface area contributed by atoms with Crippen molar-refractivity contribution in [1.82, 2.24) is 14.6 Å². The number of carbonyl (C=O) groups excluding carboxylic acids is 1. The molecule has 1 aliphatic heterocycles. The minimum Gasteiger partial charge on any atom is -0.321 e. The predicted molar refractivity (Wildman–Crippen MR) is 166 cm³/mol. The third-order valence-corrected chi connectivity index (χ3v) is 10.1. The number of halogens is 3. The molecule has 4 aromatic rings. The van der Waals surface area contributed by atoms with Gasteiger partial charge in [0.2, 0.25) is 10.0 Å². The Morgan fingerprint density at radius 3 is 2.18 bits per heavy atom. The van der Waals surface area contributed by atoms with Gasteiger partial charge in [0.05, 0.1) is 18.0 Å². The summed E-state index contributed by atoms with van der Waals surface area (Å²) in [5, 5.41) is 3.23. The van der Waals surface area contributed by atoms with Crippen LogP contribution in [0.3, 0.4) is 0 Å². The number of piperazine rings is 1. The molecule has 5 rings (SSSR count). The Labute approximate surface area is 261 Å². The molecular weight excluding hydrogens is 601 g/mol. The molecule has 7 nitrogen and oxygen atoms in total. The number of benzene rings is 3. The monoisotopic (exact) mass is 636 g/mol. The van der Waals surface area contributed by atoms with E-state index in [2.05, 4.69) is 10.3 Å². The third-order valence-electron chi connectivity index (χ3n) is 8.22. The fraction of sp³-hybridized carbons (Fsp3) is 0.294. The third kappa shape index (κ3) is 8.04. The maximum absolute atomic E-state index is 15.2. The lowest BCUT2D eigenvalue weighted by Crippen LogP contribution is -2.53. The minimum atomic E-state index is -3.64. The van der Waals surface area contributed by atoms with Crippen LogP contribution in [0.4, 0.5) is 13.2 Å². The molecule has 0 spiro atoms. The smallest absolute Gasteiger partial charge is 0.218 e. The van der Waals surface area contributed by atoms with E-state index in [-0.39, 0.29) is 24.2 Å². The van der Waals surface area contributed by atoms with Crippen LogP contribution in [0.5, 0.6) is 0 Å². The summed E-state index contributed by atoms with van der Waals surface area (Å²) in [5.41, 5.74) is 8.99. The topological polar surface area (TPSA) is 105 Å². The first kappa shape index (κ1) is 32.5. The van der Waals surface area contributed by atoms with Gasteiger partial charge < -0.3 is 11.1 Å². The molecule has 2 heterocycles. The molecule has 2 atom stereocenters. The lowest BCUT2D eigenvalue weighted by atomic mass is 9.82. The molecule has 1 aliphatic rings. The second-order valence-electron chi connectivity index (χ2n) is 11.3. The number of ketones is 1. The number of Topliss-reactive ketones (excluding diaryl/α,β-unsaturated/α-hetero) is 1. The van der Waals surface area contributed by atoms with Crippen molar-refractivity contribution in [2.24, 2.45) is 5.73 Å². The SMILES string of the molecule is N[C@H](C(=O)Cc1cncc(F)c1CCC1CNCCN1S(=O)(=O)Cc1ccccc1)C(c1ccc(F)cc1)c1ccc(F)cc1. The van der Waals surface area contributed by atoms with Gasteiger partial charge in [-0.25, -0.2) is 21.6 Å². The number of nitrogens with zero attached hydrogens (tertiary/aromatic N) is 2. The highest BCUT2D eigenvalue weighted by atomic mass is 32.2. The lowest BCUT2D eigenvalue weighted by molar-refractivity contribution is -0.119. The zero-order valence-corrected chi connectivity index (χ0v) is 25.4. The van der Waals surface area contributed by atoms with Crippen molar-refractivity contribution in [2.75, 3.05) is 19.6 Å². The number of carbonyl (C=O) groups is 1. The Kier molecular flexibility index (Phi) is 10.4. The second kappa shape index (κ2) is 14.5. The number of aromatic nitrogens is 1. The molecule has 0 bridgehead atoms. The number of sulfonamides is 1. The number of nitrogens with two attached hydrogens (primary N) is 1. The summed E-state index contributed by atoms with van der Waals surface area (Å²) in [6.45, 7) is 1.22. The Morgan fingerprint density at radius 1 is 0.933 bits per heavy atom. The van der Waals surface area contributed by atoms with Gasteiger partial charge in [-0.15, -0.1) is 0 Å². The lowest BCUT2D eigenvalue weighted by Gasteiger charge is -2.35. The van der Waals surface area contributed by atoms with Crippen molar-refractivity contribution in [2.45, 2.75) is 43.0 Å². The maximum Gasteiger partial charge on any atom is 0.218 e. The van der Waals surface area contributed by atoms with Crippen LogP contribution in [0, 0.1) is 17.5 Å². The summed E-state index contributed by atoms with van der Waals surface area (Å²) >= 11 is 0. The van der Waals surface area contributed by atoms with Crippen molar-refractivity contribution in [1.29, 1.82) is 0 Å². The molecule has 0 saturated carbocycles. The fourth-order valence-corrected chi connectivity index (χ4v) is 7.69. The van der Waals surface area contributed by atoms with Gasteiger partial charge in [-0.1, -0.05) is 54.6 Å². The van der Waals surface area contributed by atoms with Gasteiger partial charge in [0.25, 0.3) is 0 Å². The molecule has 0 amide bonds. The first-order valence-electron chi connectivity index (χ1n) is 14.8. The van der Waals surface area contributed by atoms with Crippen molar-refractivity contribution in [3.8, 4) is 0 Å². The van der Waals surface area contributed by atoms with Gasteiger partial charge in [-0.2, -0.15) is 4.31 Å². The van der Waals surface area contributed by atoms with Crippen LogP contribution in [-0.2, 0) is 33.4 Å². The summed E-state index contributed by atoms with van der Waals surface area (Å²) in [6, 6.07) is 18.6. The molecule has 45 heavy (non-hydrogen) atoms. The van der Waals surface area contributed by atoms with Crippen molar-refractivity contribution < 1.29 is 26.4 Å². The number of rotatable bonds is 12. The van der Waals surface area contributed by atoms with Crippen LogP contribution in [0.1, 0.15) is 40.2 Å². The molecule has 1 aromatic heterocycles. The first-order valence-corrected chi connectivity index (χ1v) is 16.4. The van der Waals surface area contributed by atoms with E-state index in [0.29, 0.717) is 48.3 Å². The van der Waals surface area contributed by atoms with Crippen LogP contribution in [0.25, 0.3) is 0 Å². The molecule has 3 N–H and O–H groups in total. The highest BCUT2D eigenvalue weighted by Gasteiger charge is 2.33. The Morgan fingerprint density at radius 2 is 1.56 bits per heavy atom. The molecule has 236 valence electrons. The fourth-order valence-electron chi connectivity index (χ4n) is 5.91. The Hall–Kier alpha value is -3.90. The number of hydrogen-bond acceptors (Lipinski definition) is 6. The highest BCUT2D eigenvalue weighted by molar-refractivity contribution is 7.88. The van der Waals surface area contributed by atoms with Gasteiger partial charge >= 0.3 is 0 Å². The Bertz CT molecular complexity index is 1660. The zero-order valence-electron chi connectivity index (χ0n) is 24.6. The molecule has 1 fully saturated rings. The summed E-state index contributed by atoms with van der Waals surface area (Å²) in [5.74, 6) is -2.74. The van der Waals surface area contributed by atoms with Gasteiger partial charge in [0, 0.05) is 44.2 Å². The van der Waals surface area contributed by atoms with E-state index < -0.39 is 51.3 Å². The summed E-state index contributed by atoms with van der Waals surface area (Å²) in [6.07, 6.45) is 2.78. The quantitative estimate of drug-likeness (QED) is 0.237. The number of pyridine rings is 1. The molecule has 1 unspecified atom stereocenters. The summed E-state index contributed by atoms with van der Waals surface area (Å²) in [4.78, 5) is 17.6. The first-order chi connectivity index (χ1) is 21.6. The highest BCUT2D eigenvalue weighted by Crippen LogP contribution is 2.30. The van der Waals surface area contributed by atoms with Gasteiger partial charge in [0.15, 0.2) is 5.78 Å². The maximum atomic E-state index is 15.2. The molecule has 11 heteroatoms. The molecule has 3 aromatic carbocycles. The normalized spacial score (nSPS) is 16.5. The van der Waals surface area contributed by atoms with Crippen molar-refractivity contribution >= 4 is 15.8 Å². The van der Waals surface area contributed by atoms with E-state index in [1.54, 1.807) is 24.3 Å². The molecular formula is C34H35F3N4O3S. The molecule has 0 radical (unpaired) electrons. The second-order valence-corrected chi connectivity index (χ2v) is 13.2. The zero-order chi connectivity index (χ0) is 32.0. The minimum absolute atomic E-state index is 0.130. The van der Waals surface area contributed by atoms with Crippen LogP contribution in [0.15, 0.2) is 91.3 Å². The van der Waals surface area contributed by atoms with E-state index in [4.69, 9.17) is 5.73 Å². The van der Waals surface area contributed by atoms with E-state index >= 15 is 4.39 Å². The van der Waals surface area contributed by atoms with E-state index in [1.807, 2.05) is 6.07 Å². The average Bonchev–Trinajstić information content (AvgIpc) is 3.03. The summed E-state index contributed by atoms with van der Waals surface area (Å²) < 4.78 is 70.9. The van der Waals surface area contributed by atoms with Crippen molar-refractivity contribution in [3.05, 3.63) is 137 Å². The van der Waals surface area contributed by atoms with Crippen molar-refractivity contribution in [3.63, 3.8) is 0 Å².